The zero-order valence-electron chi connectivity index (χ0n) is 10.0. The van der Waals surface area contributed by atoms with E-state index in [0.717, 1.165) is 18.2 Å². The minimum atomic E-state index is -4.02. The van der Waals surface area contributed by atoms with E-state index < -0.39 is 21.0 Å². The van der Waals surface area contributed by atoms with Crippen molar-refractivity contribution in [1.29, 1.82) is 0 Å². The van der Waals surface area contributed by atoms with Gasteiger partial charge >= 0.3 is 0 Å². The predicted molar refractivity (Wildman–Crippen MR) is 69.6 cm³/mol. The molecule has 0 unspecified atom stereocenters. The van der Waals surface area contributed by atoms with Crippen LogP contribution in [0, 0.1) is 10.1 Å². The van der Waals surface area contributed by atoms with Crippen LogP contribution in [-0.4, -0.2) is 31.1 Å². The normalized spacial score (nSPS) is 13.2. The lowest BCUT2D eigenvalue weighted by Crippen LogP contribution is -2.37. The molecule has 1 aromatic rings. The van der Waals surface area contributed by atoms with Crippen molar-refractivity contribution in [2.75, 3.05) is 6.61 Å². The van der Waals surface area contributed by atoms with Gasteiger partial charge in [-0.1, -0.05) is 18.5 Å². The van der Waals surface area contributed by atoms with Gasteiger partial charge < -0.3 is 5.11 Å². The molecule has 1 aromatic carbocycles. The summed E-state index contributed by atoms with van der Waals surface area (Å²) in [6, 6.07) is 2.48. The second-order valence-electron chi connectivity index (χ2n) is 3.78. The minimum absolute atomic E-state index is 0.120. The molecule has 0 aliphatic carbocycles. The number of aliphatic hydroxyl groups excluding tert-OH is 1. The Labute approximate surface area is 115 Å². The molecule has 1 atom stereocenters. The molecule has 0 aromatic heterocycles. The molecule has 0 amide bonds. The molecule has 0 bridgehead atoms. The molecule has 0 saturated heterocycles. The molecular weight excluding hydrogens is 296 g/mol. The summed E-state index contributed by atoms with van der Waals surface area (Å²) in [4.78, 5) is 9.54. The summed E-state index contributed by atoms with van der Waals surface area (Å²) in [5.41, 5.74) is -0.373. The van der Waals surface area contributed by atoms with Gasteiger partial charge in [0.15, 0.2) is 0 Å². The topological polar surface area (TPSA) is 110 Å². The predicted octanol–water partition coefficient (Wildman–Crippen LogP) is 1.30. The Morgan fingerprint density at radius 1 is 1.53 bits per heavy atom. The monoisotopic (exact) mass is 308 g/mol. The van der Waals surface area contributed by atoms with Crippen molar-refractivity contribution < 1.29 is 18.4 Å². The molecule has 1 rings (SSSR count). The van der Waals surface area contributed by atoms with Crippen LogP contribution in [-0.2, 0) is 10.0 Å². The van der Waals surface area contributed by atoms with Crippen molar-refractivity contribution in [3.63, 3.8) is 0 Å². The lowest BCUT2D eigenvalue weighted by atomic mass is 10.3. The van der Waals surface area contributed by atoms with Crippen LogP contribution < -0.4 is 4.72 Å². The first-order valence-corrected chi connectivity index (χ1v) is 7.25. The van der Waals surface area contributed by atoms with Gasteiger partial charge in [0.1, 0.15) is 4.90 Å². The van der Waals surface area contributed by atoms with Crippen molar-refractivity contribution >= 4 is 27.3 Å². The number of non-ortho nitro benzene ring substituents is 1. The first-order chi connectivity index (χ1) is 8.81. The Morgan fingerprint density at radius 2 is 2.16 bits per heavy atom. The zero-order valence-corrected chi connectivity index (χ0v) is 11.6. The van der Waals surface area contributed by atoms with E-state index in [1.807, 2.05) is 0 Å². The first-order valence-electron chi connectivity index (χ1n) is 5.39. The second-order valence-corrected chi connectivity index (χ2v) is 5.87. The molecule has 0 saturated carbocycles. The van der Waals surface area contributed by atoms with Crippen LogP contribution in [0.2, 0.25) is 5.02 Å². The van der Waals surface area contributed by atoms with E-state index in [9.17, 15) is 18.5 Å². The molecule has 9 heteroatoms. The average molecular weight is 309 g/mol. The van der Waals surface area contributed by atoms with Gasteiger partial charge in [-0.2, -0.15) is 0 Å². The molecule has 19 heavy (non-hydrogen) atoms. The first kappa shape index (κ1) is 15.8. The zero-order chi connectivity index (χ0) is 14.6. The maximum absolute atomic E-state index is 12.0. The smallest absolute Gasteiger partial charge is 0.270 e. The largest absolute Gasteiger partial charge is 0.395 e. The Kier molecular flexibility index (Phi) is 5.24. The van der Waals surface area contributed by atoms with Crippen molar-refractivity contribution in [2.24, 2.45) is 0 Å². The lowest BCUT2D eigenvalue weighted by Gasteiger charge is -2.14. The van der Waals surface area contributed by atoms with Crippen LogP contribution in [0.1, 0.15) is 13.3 Å². The third kappa shape index (κ3) is 3.87. The lowest BCUT2D eigenvalue weighted by molar-refractivity contribution is -0.385. The summed E-state index contributed by atoms with van der Waals surface area (Å²) in [5.74, 6) is 0. The number of hydrogen-bond acceptors (Lipinski definition) is 5. The molecule has 7 nitrogen and oxygen atoms in total. The van der Waals surface area contributed by atoms with Gasteiger partial charge in [0, 0.05) is 18.2 Å². The number of benzene rings is 1. The van der Waals surface area contributed by atoms with E-state index in [1.54, 1.807) is 6.92 Å². The Hall–Kier alpha value is -1.22. The fourth-order valence-electron chi connectivity index (χ4n) is 1.34. The second kappa shape index (κ2) is 6.29. The molecule has 0 aliphatic rings. The number of nitro benzene ring substituents is 1. The van der Waals surface area contributed by atoms with E-state index in [4.69, 9.17) is 16.7 Å². The fraction of sp³-hybridized carbons (Fsp3) is 0.400. The van der Waals surface area contributed by atoms with E-state index in [-0.39, 0.29) is 22.2 Å². The number of nitrogens with zero attached hydrogens (tertiary/aromatic N) is 1. The Balaban J connectivity index is 3.20. The van der Waals surface area contributed by atoms with Crippen molar-refractivity contribution in [1.82, 2.24) is 4.72 Å². The van der Waals surface area contributed by atoms with Gasteiger partial charge in [0.25, 0.3) is 5.69 Å². The molecule has 0 spiro atoms. The highest BCUT2D eigenvalue weighted by Gasteiger charge is 2.23. The van der Waals surface area contributed by atoms with Gasteiger partial charge in [-0.25, -0.2) is 13.1 Å². The number of aliphatic hydroxyl groups is 1. The summed E-state index contributed by atoms with van der Waals surface area (Å²) in [6.45, 7) is 1.32. The molecular formula is C10H13ClN2O5S. The standard InChI is InChI=1S/C10H13ClN2O5S/c1-2-7(6-14)12-19(17,18)10-5-8(13(15)16)3-4-9(10)11/h3-5,7,12,14H,2,6H2,1H3/t7-/m1/s1. The highest BCUT2D eigenvalue weighted by molar-refractivity contribution is 7.89. The summed E-state index contributed by atoms with van der Waals surface area (Å²) < 4.78 is 26.3. The molecule has 0 heterocycles. The third-order valence-electron chi connectivity index (χ3n) is 2.45. The number of halogens is 1. The molecule has 0 fully saturated rings. The van der Waals surface area contributed by atoms with Crippen LogP contribution >= 0.6 is 11.6 Å². The van der Waals surface area contributed by atoms with Crippen molar-refractivity contribution in [2.45, 2.75) is 24.3 Å². The molecule has 0 aliphatic heterocycles. The number of sulfonamides is 1. The number of nitro groups is 1. The summed E-state index contributed by atoms with van der Waals surface area (Å²) in [7, 11) is -4.02. The molecule has 106 valence electrons. The van der Waals surface area contributed by atoms with Gasteiger partial charge in [0.05, 0.1) is 16.6 Å². The molecule has 2 N–H and O–H groups in total. The van der Waals surface area contributed by atoms with E-state index in [1.165, 1.54) is 0 Å². The Morgan fingerprint density at radius 3 is 2.63 bits per heavy atom. The van der Waals surface area contributed by atoms with Gasteiger partial charge in [-0.15, -0.1) is 0 Å². The van der Waals surface area contributed by atoms with Crippen molar-refractivity contribution in [3.05, 3.63) is 33.3 Å². The number of rotatable bonds is 6. The van der Waals surface area contributed by atoms with Crippen LogP contribution in [0.15, 0.2) is 23.1 Å². The fourth-order valence-corrected chi connectivity index (χ4v) is 3.17. The van der Waals surface area contributed by atoms with Gasteiger partial charge in [0.2, 0.25) is 10.0 Å². The van der Waals surface area contributed by atoms with Gasteiger partial charge in [-0.05, 0) is 12.5 Å². The molecule has 0 radical (unpaired) electrons. The van der Waals surface area contributed by atoms with Crippen molar-refractivity contribution in [3.8, 4) is 0 Å². The Bertz CT molecular complexity index is 571. The third-order valence-corrected chi connectivity index (χ3v) is 4.45. The van der Waals surface area contributed by atoms with E-state index >= 15 is 0 Å². The van der Waals surface area contributed by atoms with Crippen LogP contribution in [0.5, 0.6) is 0 Å². The highest BCUT2D eigenvalue weighted by atomic mass is 35.5. The average Bonchev–Trinajstić information content (AvgIpc) is 2.35. The number of hydrogen-bond donors (Lipinski definition) is 2. The summed E-state index contributed by atoms with van der Waals surface area (Å²) >= 11 is 5.75. The van der Waals surface area contributed by atoms with Crippen LogP contribution in [0.4, 0.5) is 5.69 Å². The summed E-state index contributed by atoms with van der Waals surface area (Å²) in [6.07, 6.45) is 0.377. The maximum atomic E-state index is 12.0. The van der Waals surface area contributed by atoms with Crippen LogP contribution in [0.25, 0.3) is 0 Å². The maximum Gasteiger partial charge on any atom is 0.270 e. The highest BCUT2D eigenvalue weighted by Crippen LogP contribution is 2.26. The SMILES string of the molecule is CC[C@H](CO)NS(=O)(=O)c1cc([N+](=O)[O-])ccc1Cl. The minimum Gasteiger partial charge on any atom is -0.395 e. The van der Waals surface area contributed by atoms with Gasteiger partial charge in [-0.3, -0.25) is 10.1 Å². The van der Waals surface area contributed by atoms with Crippen LogP contribution in [0.3, 0.4) is 0 Å². The summed E-state index contributed by atoms with van der Waals surface area (Å²) in [5, 5.41) is 19.5. The van der Waals surface area contributed by atoms with E-state index in [0.29, 0.717) is 6.42 Å². The quantitative estimate of drug-likeness (QED) is 0.608. The van der Waals surface area contributed by atoms with E-state index in [2.05, 4.69) is 4.72 Å². The number of nitrogens with one attached hydrogen (secondary N) is 1.